The van der Waals surface area contributed by atoms with Crippen molar-refractivity contribution >= 4 is 5.95 Å². The van der Waals surface area contributed by atoms with E-state index in [2.05, 4.69) is 34.9 Å². The highest BCUT2D eigenvalue weighted by atomic mass is 16.5. The van der Waals surface area contributed by atoms with E-state index in [9.17, 15) is 0 Å². The average Bonchev–Trinajstić information content (AvgIpc) is 2.74. The number of hydrogen-bond acceptors (Lipinski definition) is 4. The number of rotatable bonds is 10. The van der Waals surface area contributed by atoms with Gasteiger partial charge >= 0.3 is 0 Å². The van der Waals surface area contributed by atoms with Crippen LogP contribution in [0.25, 0.3) is 0 Å². The molecule has 1 unspecified atom stereocenters. The summed E-state index contributed by atoms with van der Waals surface area (Å²) in [6, 6.07) is 0.271. The topological polar surface area (TPSA) is 48.3 Å². The van der Waals surface area contributed by atoms with Crippen LogP contribution >= 0.6 is 0 Å². The first-order valence-electron chi connectivity index (χ1n) is 7.45. The van der Waals surface area contributed by atoms with E-state index in [4.69, 9.17) is 9.47 Å². The summed E-state index contributed by atoms with van der Waals surface area (Å²) in [6.45, 7) is 11.6. The Bertz CT molecular complexity index is 377. The standard InChI is InChI=1S/C15H29N3O2/c1-6-20-9-7-8-18-10-13(4)16-15(18)17-14(11-19-5)12(2)3/h10,12,14H,6-9,11H2,1-5H3,(H,16,17). The number of anilines is 1. The SMILES string of the molecule is CCOCCCn1cc(C)nc1NC(COC)C(C)C. The van der Waals surface area contributed by atoms with Gasteiger partial charge in [-0.05, 0) is 26.2 Å². The number of ether oxygens (including phenoxy) is 2. The molecule has 0 aromatic carbocycles. The van der Waals surface area contributed by atoms with Gasteiger partial charge in [0, 0.05) is 33.1 Å². The minimum absolute atomic E-state index is 0.271. The fraction of sp³-hybridized carbons (Fsp3) is 0.800. The molecule has 1 aromatic rings. The van der Waals surface area contributed by atoms with Gasteiger partial charge in [-0.3, -0.25) is 0 Å². The van der Waals surface area contributed by atoms with E-state index in [-0.39, 0.29) is 6.04 Å². The third-order valence-corrected chi connectivity index (χ3v) is 3.25. The van der Waals surface area contributed by atoms with Crippen LogP contribution in [0.1, 0.15) is 32.9 Å². The van der Waals surface area contributed by atoms with Crippen molar-refractivity contribution in [3.63, 3.8) is 0 Å². The van der Waals surface area contributed by atoms with E-state index in [1.165, 1.54) is 0 Å². The summed E-state index contributed by atoms with van der Waals surface area (Å²) < 4.78 is 12.8. The molecule has 1 heterocycles. The molecule has 20 heavy (non-hydrogen) atoms. The van der Waals surface area contributed by atoms with Crippen molar-refractivity contribution in [2.24, 2.45) is 5.92 Å². The summed E-state index contributed by atoms with van der Waals surface area (Å²) in [7, 11) is 1.73. The maximum atomic E-state index is 5.39. The van der Waals surface area contributed by atoms with Crippen molar-refractivity contribution in [1.29, 1.82) is 0 Å². The first kappa shape index (κ1) is 17.0. The molecule has 1 rings (SSSR count). The van der Waals surface area contributed by atoms with Crippen LogP contribution in [0.2, 0.25) is 0 Å². The molecule has 0 fully saturated rings. The highest BCUT2D eigenvalue weighted by Crippen LogP contribution is 2.14. The second-order valence-corrected chi connectivity index (χ2v) is 5.40. The van der Waals surface area contributed by atoms with Gasteiger partial charge in [-0.1, -0.05) is 13.8 Å². The zero-order valence-corrected chi connectivity index (χ0v) is 13.5. The summed E-state index contributed by atoms with van der Waals surface area (Å²) in [6.07, 6.45) is 3.08. The molecule has 0 bridgehead atoms. The number of aromatic nitrogens is 2. The van der Waals surface area contributed by atoms with Gasteiger partial charge in [0.05, 0.1) is 18.3 Å². The molecule has 0 aliphatic heterocycles. The first-order valence-corrected chi connectivity index (χ1v) is 7.45. The van der Waals surface area contributed by atoms with E-state index in [1.54, 1.807) is 7.11 Å². The van der Waals surface area contributed by atoms with Crippen molar-refractivity contribution in [2.45, 2.75) is 46.7 Å². The van der Waals surface area contributed by atoms with Gasteiger partial charge in [0.15, 0.2) is 0 Å². The van der Waals surface area contributed by atoms with Crippen molar-refractivity contribution in [2.75, 3.05) is 32.2 Å². The van der Waals surface area contributed by atoms with Gasteiger partial charge in [-0.2, -0.15) is 0 Å². The van der Waals surface area contributed by atoms with Gasteiger partial charge in [-0.15, -0.1) is 0 Å². The van der Waals surface area contributed by atoms with Crippen LogP contribution in [0, 0.1) is 12.8 Å². The Morgan fingerprint density at radius 3 is 2.75 bits per heavy atom. The van der Waals surface area contributed by atoms with E-state index >= 15 is 0 Å². The van der Waals surface area contributed by atoms with Crippen LogP contribution in [0.5, 0.6) is 0 Å². The lowest BCUT2D eigenvalue weighted by molar-refractivity contribution is 0.141. The minimum atomic E-state index is 0.271. The summed E-state index contributed by atoms with van der Waals surface area (Å²) in [5, 5.41) is 3.50. The molecule has 0 amide bonds. The summed E-state index contributed by atoms with van der Waals surface area (Å²) >= 11 is 0. The smallest absolute Gasteiger partial charge is 0.203 e. The largest absolute Gasteiger partial charge is 0.383 e. The van der Waals surface area contributed by atoms with Crippen LogP contribution in [-0.2, 0) is 16.0 Å². The molecule has 0 radical (unpaired) electrons. The van der Waals surface area contributed by atoms with Crippen LogP contribution in [-0.4, -0.2) is 42.5 Å². The maximum Gasteiger partial charge on any atom is 0.203 e. The molecule has 1 atom stereocenters. The number of nitrogens with zero attached hydrogens (tertiary/aromatic N) is 2. The molecule has 116 valence electrons. The molecule has 1 N–H and O–H groups in total. The summed E-state index contributed by atoms with van der Waals surface area (Å²) in [5.74, 6) is 1.42. The molecule has 5 nitrogen and oxygen atoms in total. The Kier molecular flexibility index (Phi) is 7.62. The van der Waals surface area contributed by atoms with Crippen molar-refractivity contribution in [1.82, 2.24) is 9.55 Å². The Morgan fingerprint density at radius 2 is 2.15 bits per heavy atom. The second kappa shape index (κ2) is 8.97. The van der Waals surface area contributed by atoms with E-state index in [0.29, 0.717) is 12.5 Å². The molecule has 5 heteroatoms. The Balaban J connectivity index is 2.63. The number of nitrogens with one attached hydrogen (secondary N) is 1. The first-order chi connectivity index (χ1) is 9.58. The Morgan fingerprint density at radius 1 is 1.40 bits per heavy atom. The van der Waals surface area contributed by atoms with E-state index in [1.807, 2.05) is 13.8 Å². The van der Waals surface area contributed by atoms with Crippen LogP contribution in [0.4, 0.5) is 5.95 Å². The van der Waals surface area contributed by atoms with E-state index < -0.39 is 0 Å². The monoisotopic (exact) mass is 283 g/mol. The zero-order chi connectivity index (χ0) is 15.0. The molecule has 0 saturated carbocycles. The second-order valence-electron chi connectivity index (χ2n) is 5.40. The van der Waals surface area contributed by atoms with Crippen molar-refractivity contribution < 1.29 is 9.47 Å². The predicted octanol–water partition coefficient (Wildman–Crippen LogP) is 2.70. The van der Waals surface area contributed by atoms with Gasteiger partial charge in [-0.25, -0.2) is 4.98 Å². The molecule has 0 aliphatic rings. The van der Waals surface area contributed by atoms with Crippen LogP contribution < -0.4 is 5.32 Å². The van der Waals surface area contributed by atoms with Gasteiger partial charge in [0.2, 0.25) is 5.95 Å². The quantitative estimate of drug-likeness (QED) is 0.671. The molecule has 1 aromatic heterocycles. The maximum absolute atomic E-state index is 5.39. The molecular formula is C15H29N3O2. The van der Waals surface area contributed by atoms with Gasteiger partial charge in [0.25, 0.3) is 0 Å². The fourth-order valence-corrected chi connectivity index (χ4v) is 2.06. The average molecular weight is 283 g/mol. The zero-order valence-electron chi connectivity index (χ0n) is 13.5. The lowest BCUT2D eigenvalue weighted by Crippen LogP contribution is -2.31. The summed E-state index contributed by atoms with van der Waals surface area (Å²) in [4.78, 5) is 4.57. The van der Waals surface area contributed by atoms with E-state index in [0.717, 1.165) is 37.8 Å². The fourth-order valence-electron chi connectivity index (χ4n) is 2.06. The van der Waals surface area contributed by atoms with Crippen LogP contribution in [0.15, 0.2) is 6.20 Å². The highest BCUT2D eigenvalue weighted by Gasteiger charge is 2.16. The normalized spacial score (nSPS) is 12.9. The third kappa shape index (κ3) is 5.51. The third-order valence-electron chi connectivity index (χ3n) is 3.25. The van der Waals surface area contributed by atoms with Crippen LogP contribution in [0.3, 0.4) is 0 Å². The van der Waals surface area contributed by atoms with Crippen molar-refractivity contribution in [3.8, 4) is 0 Å². The van der Waals surface area contributed by atoms with Crippen molar-refractivity contribution in [3.05, 3.63) is 11.9 Å². The molecule has 0 saturated heterocycles. The predicted molar refractivity (Wildman–Crippen MR) is 82.2 cm³/mol. The number of methoxy groups -OCH3 is 1. The Hall–Kier alpha value is -1.07. The highest BCUT2D eigenvalue weighted by molar-refractivity contribution is 5.30. The van der Waals surface area contributed by atoms with Gasteiger partial charge < -0.3 is 19.4 Å². The number of imidazole rings is 1. The molecular weight excluding hydrogens is 254 g/mol. The Labute approximate surface area is 122 Å². The number of hydrogen-bond donors (Lipinski definition) is 1. The summed E-state index contributed by atoms with van der Waals surface area (Å²) in [5.41, 5.74) is 1.03. The lowest BCUT2D eigenvalue weighted by atomic mass is 10.1. The van der Waals surface area contributed by atoms with Gasteiger partial charge in [0.1, 0.15) is 0 Å². The molecule has 0 aliphatic carbocycles. The minimum Gasteiger partial charge on any atom is -0.383 e. The molecule has 0 spiro atoms. The lowest BCUT2D eigenvalue weighted by Gasteiger charge is -2.22. The number of aryl methyl sites for hydroxylation is 2.